The molecule has 0 aliphatic carbocycles. The normalized spacial score (nSPS) is 15.1. The molecule has 0 heterocycles. The zero-order valence-electron chi connectivity index (χ0n) is 9.24. The van der Waals surface area contributed by atoms with Gasteiger partial charge in [-0.05, 0) is 24.6 Å². The maximum atomic E-state index is 12.5. The second-order valence-electron chi connectivity index (χ2n) is 3.82. The van der Waals surface area contributed by atoms with Crippen molar-refractivity contribution in [2.24, 2.45) is 11.7 Å². The molecule has 3 N–H and O–H groups in total. The van der Waals surface area contributed by atoms with E-state index in [0.29, 0.717) is 12.1 Å². The number of hydrogen-bond acceptors (Lipinski definition) is 2. The van der Waals surface area contributed by atoms with Gasteiger partial charge in [0.2, 0.25) is 0 Å². The van der Waals surface area contributed by atoms with Crippen molar-refractivity contribution in [3.05, 3.63) is 35.4 Å². The number of aliphatic hydroxyl groups is 1. The Hall–Kier alpha value is -1.00. The van der Waals surface area contributed by atoms with Crippen LogP contribution in [0.5, 0.6) is 0 Å². The summed E-state index contributed by atoms with van der Waals surface area (Å²) < 4.78 is 24.9. The van der Waals surface area contributed by atoms with Gasteiger partial charge in [-0.3, -0.25) is 0 Å². The fourth-order valence-electron chi connectivity index (χ4n) is 1.67. The van der Waals surface area contributed by atoms with E-state index in [0.717, 1.165) is 6.42 Å². The second kappa shape index (κ2) is 5.92. The van der Waals surface area contributed by atoms with E-state index in [4.69, 9.17) is 5.73 Å². The largest absolute Gasteiger partial charge is 0.388 e. The molecule has 1 rings (SSSR count). The number of alkyl halides is 2. The third-order valence-corrected chi connectivity index (χ3v) is 2.78. The molecule has 2 nitrogen and oxygen atoms in total. The number of nitrogens with two attached hydrogens (primary N) is 1. The summed E-state index contributed by atoms with van der Waals surface area (Å²) in [4.78, 5) is 0. The number of benzene rings is 1. The SMILES string of the molecule is CCC(CN)C(O)c1cccc(C(F)F)c1. The molecule has 0 fully saturated rings. The van der Waals surface area contributed by atoms with E-state index in [9.17, 15) is 13.9 Å². The molecule has 4 heteroatoms. The summed E-state index contributed by atoms with van der Waals surface area (Å²) in [6.45, 7) is 2.26. The van der Waals surface area contributed by atoms with Gasteiger partial charge >= 0.3 is 0 Å². The van der Waals surface area contributed by atoms with E-state index >= 15 is 0 Å². The Morgan fingerprint density at radius 1 is 1.31 bits per heavy atom. The van der Waals surface area contributed by atoms with E-state index in [-0.39, 0.29) is 11.5 Å². The van der Waals surface area contributed by atoms with Crippen molar-refractivity contribution < 1.29 is 13.9 Å². The molecule has 0 aliphatic rings. The minimum Gasteiger partial charge on any atom is -0.388 e. The lowest BCUT2D eigenvalue weighted by atomic mass is 9.93. The third kappa shape index (κ3) is 3.00. The molecule has 0 saturated carbocycles. The molecule has 0 amide bonds. The quantitative estimate of drug-likeness (QED) is 0.815. The Morgan fingerprint density at radius 3 is 2.44 bits per heavy atom. The van der Waals surface area contributed by atoms with E-state index in [1.165, 1.54) is 18.2 Å². The molecule has 0 aliphatic heterocycles. The van der Waals surface area contributed by atoms with Crippen molar-refractivity contribution in [1.29, 1.82) is 0 Å². The Morgan fingerprint density at radius 2 is 1.94 bits per heavy atom. The summed E-state index contributed by atoms with van der Waals surface area (Å²) in [6.07, 6.45) is -2.56. The predicted octanol–water partition coefficient (Wildman–Crippen LogP) is 2.64. The first-order valence-electron chi connectivity index (χ1n) is 5.36. The van der Waals surface area contributed by atoms with Gasteiger partial charge < -0.3 is 10.8 Å². The third-order valence-electron chi connectivity index (χ3n) is 2.78. The van der Waals surface area contributed by atoms with Crippen LogP contribution in [-0.2, 0) is 0 Å². The van der Waals surface area contributed by atoms with Gasteiger partial charge in [-0.25, -0.2) is 8.78 Å². The van der Waals surface area contributed by atoms with Crippen molar-refractivity contribution in [2.45, 2.75) is 25.9 Å². The highest BCUT2D eigenvalue weighted by Crippen LogP contribution is 2.27. The summed E-state index contributed by atoms with van der Waals surface area (Å²) in [5.41, 5.74) is 5.95. The first-order valence-corrected chi connectivity index (χ1v) is 5.36. The molecule has 2 atom stereocenters. The standard InChI is InChI=1S/C12H17F2NO/c1-2-8(7-15)11(16)9-4-3-5-10(6-9)12(13)14/h3-6,8,11-12,16H,2,7,15H2,1H3. The maximum Gasteiger partial charge on any atom is 0.263 e. The highest BCUT2D eigenvalue weighted by atomic mass is 19.3. The van der Waals surface area contributed by atoms with Crippen LogP contribution < -0.4 is 5.73 Å². The molecule has 0 saturated heterocycles. The first-order chi connectivity index (χ1) is 7.60. The first kappa shape index (κ1) is 13.1. The Labute approximate surface area is 94.1 Å². The van der Waals surface area contributed by atoms with Crippen molar-refractivity contribution in [3.63, 3.8) is 0 Å². The summed E-state index contributed by atoms with van der Waals surface area (Å²) in [7, 11) is 0. The monoisotopic (exact) mass is 229 g/mol. The minimum absolute atomic E-state index is 0.0663. The highest BCUT2D eigenvalue weighted by Gasteiger charge is 2.19. The number of halogens is 2. The number of hydrogen-bond donors (Lipinski definition) is 2. The van der Waals surface area contributed by atoms with Crippen LogP contribution in [-0.4, -0.2) is 11.7 Å². The molecule has 0 bridgehead atoms. The van der Waals surface area contributed by atoms with Crippen molar-refractivity contribution in [3.8, 4) is 0 Å². The molecule has 90 valence electrons. The molecular weight excluding hydrogens is 212 g/mol. The summed E-state index contributed by atoms with van der Waals surface area (Å²) >= 11 is 0. The molecule has 2 unspecified atom stereocenters. The lowest BCUT2D eigenvalue weighted by Gasteiger charge is -2.20. The van der Waals surface area contributed by atoms with E-state index < -0.39 is 12.5 Å². The molecular formula is C12H17F2NO. The average molecular weight is 229 g/mol. The second-order valence-corrected chi connectivity index (χ2v) is 3.82. The van der Waals surface area contributed by atoms with Gasteiger partial charge in [-0.15, -0.1) is 0 Å². The Bertz CT molecular complexity index is 327. The summed E-state index contributed by atoms with van der Waals surface area (Å²) in [5.74, 6) is -0.0899. The fraction of sp³-hybridized carbons (Fsp3) is 0.500. The maximum absolute atomic E-state index is 12.5. The molecule has 16 heavy (non-hydrogen) atoms. The zero-order valence-corrected chi connectivity index (χ0v) is 9.24. The zero-order chi connectivity index (χ0) is 12.1. The lowest BCUT2D eigenvalue weighted by molar-refractivity contribution is 0.109. The average Bonchev–Trinajstić information content (AvgIpc) is 2.30. The smallest absolute Gasteiger partial charge is 0.263 e. The molecule has 1 aromatic carbocycles. The van der Waals surface area contributed by atoms with Crippen LogP contribution >= 0.6 is 0 Å². The van der Waals surface area contributed by atoms with Crippen LogP contribution in [0.3, 0.4) is 0 Å². The van der Waals surface area contributed by atoms with E-state index in [2.05, 4.69) is 0 Å². The predicted molar refractivity (Wildman–Crippen MR) is 59.2 cm³/mol. The van der Waals surface area contributed by atoms with Gasteiger partial charge in [0.15, 0.2) is 0 Å². The number of aliphatic hydroxyl groups excluding tert-OH is 1. The van der Waals surface area contributed by atoms with Crippen LogP contribution in [0.1, 0.15) is 37.0 Å². The lowest BCUT2D eigenvalue weighted by Crippen LogP contribution is -2.21. The van der Waals surface area contributed by atoms with Gasteiger partial charge in [0.25, 0.3) is 6.43 Å². The van der Waals surface area contributed by atoms with Gasteiger partial charge in [0.1, 0.15) is 0 Å². The highest BCUT2D eigenvalue weighted by molar-refractivity contribution is 5.26. The van der Waals surface area contributed by atoms with E-state index in [1.54, 1.807) is 6.07 Å². The van der Waals surface area contributed by atoms with Crippen LogP contribution in [0.2, 0.25) is 0 Å². The van der Waals surface area contributed by atoms with Crippen molar-refractivity contribution in [2.75, 3.05) is 6.54 Å². The van der Waals surface area contributed by atoms with Gasteiger partial charge in [0.05, 0.1) is 6.10 Å². The fourth-order valence-corrected chi connectivity index (χ4v) is 1.67. The minimum atomic E-state index is -2.51. The molecule has 0 aromatic heterocycles. The summed E-state index contributed by atoms with van der Waals surface area (Å²) in [5, 5.41) is 9.96. The summed E-state index contributed by atoms with van der Waals surface area (Å²) in [6, 6.07) is 5.87. The van der Waals surface area contributed by atoms with Crippen LogP contribution in [0, 0.1) is 5.92 Å². The van der Waals surface area contributed by atoms with Crippen molar-refractivity contribution >= 4 is 0 Å². The van der Waals surface area contributed by atoms with Gasteiger partial charge in [0, 0.05) is 11.5 Å². The number of rotatable bonds is 5. The Kier molecular flexibility index (Phi) is 4.83. The van der Waals surface area contributed by atoms with Crippen LogP contribution in [0.4, 0.5) is 8.78 Å². The topological polar surface area (TPSA) is 46.2 Å². The van der Waals surface area contributed by atoms with Gasteiger partial charge in [-0.2, -0.15) is 0 Å². The Balaban J connectivity index is 2.90. The van der Waals surface area contributed by atoms with Crippen molar-refractivity contribution in [1.82, 2.24) is 0 Å². The molecule has 1 aromatic rings. The van der Waals surface area contributed by atoms with E-state index in [1.807, 2.05) is 6.92 Å². The van der Waals surface area contributed by atoms with Crippen LogP contribution in [0.15, 0.2) is 24.3 Å². The molecule has 0 radical (unpaired) electrons. The van der Waals surface area contributed by atoms with Gasteiger partial charge in [-0.1, -0.05) is 25.1 Å². The molecule has 0 spiro atoms. The van der Waals surface area contributed by atoms with Crippen LogP contribution in [0.25, 0.3) is 0 Å².